The molecule has 184 valence electrons. The van der Waals surface area contributed by atoms with Crippen LogP contribution in [-0.2, 0) is 6.61 Å². The van der Waals surface area contributed by atoms with E-state index in [2.05, 4.69) is 77.5 Å². The molecule has 0 saturated carbocycles. The highest BCUT2D eigenvalue weighted by atomic mass is 32.1. The number of carbonyl (C=O) groups excluding carboxylic acids is 1. The van der Waals surface area contributed by atoms with Crippen molar-refractivity contribution in [2.75, 3.05) is 26.2 Å². The number of aryl methyl sites for hydroxylation is 2. The second-order valence-corrected chi connectivity index (χ2v) is 10.3. The summed E-state index contributed by atoms with van der Waals surface area (Å²) in [6, 6.07) is 29.4. The van der Waals surface area contributed by atoms with Crippen LogP contribution in [0.4, 0.5) is 0 Å². The zero-order valence-corrected chi connectivity index (χ0v) is 21.6. The number of piperazine rings is 1. The Balaban J connectivity index is 1.24. The summed E-state index contributed by atoms with van der Waals surface area (Å²) in [5, 5.41) is 0.822. The van der Waals surface area contributed by atoms with Crippen LogP contribution in [-0.4, -0.2) is 46.9 Å². The first-order valence-electron chi connectivity index (χ1n) is 12.4. The van der Waals surface area contributed by atoms with E-state index in [4.69, 9.17) is 4.74 Å². The number of amides is 1. The molecule has 4 aromatic rings. The fraction of sp³-hybridized carbons (Fsp3) is 0.267. The molecule has 6 heteroatoms. The van der Waals surface area contributed by atoms with Gasteiger partial charge in [-0.3, -0.25) is 9.69 Å². The van der Waals surface area contributed by atoms with Crippen molar-refractivity contribution in [3.63, 3.8) is 0 Å². The van der Waals surface area contributed by atoms with E-state index in [0.29, 0.717) is 24.6 Å². The van der Waals surface area contributed by atoms with Crippen LogP contribution >= 0.6 is 11.3 Å². The number of rotatable bonds is 7. The normalized spacial score (nSPS) is 14.2. The van der Waals surface area contributed by atoms with Crippen molar-refractivity contribution in [3.05, 3.63) is 117 Å². The average molecular weight is 498 g/mol. The highest BCUT2D eigenvalue weighted by molar-refractivity contribution is 7.13. The quantitative estimate of drug-likeness (QED) is 0.320. The maximum Gasteiger partial charge on any atom is 0.265 e. The molecule has 0 N–H and O–H groups in total. The van der Waals surface area contributed by atoms with Crippen molar-refractivity contribution in [2.24, 2.45) is 0 Å². The lowest BCUT2D eigenvalue weighted by Gasteiger charge is -2.39. The second-order valence-electron chi connectivity index (χ2n) is 9.18. The van der Waals surface area contributed by atoms with E-state index in [1.165, 1.54) is 28.0 Å². The number of aromatic nitrogens is 1. The van der Waals surface area contributed by atoms with E-state index < -0.39 is 0 Å². The number of ether oxygens (including phenoxy) is 1. The molecule has 1 amide bonds. The number of thiazole rings is 1. The third kappa shape index (κ3) is 5.50. The van der Waals surface area contributed by atoms with Gasteiger partial charge in [-0.05, 0) is 37.1 Å². The summed E-state index contributed by atoms with van der Waals surface area (Å²) in [5.41, 5.74) is 4.53. The predicted molar refractivity (Wildman–Crippen MR) is 145 cm³/mol. The van der Waals surface area contributed by atoms with Crippen molar-refractivity contribution >= 4 is 17.2 Å². The summed E-state index contributed by atoms with van der Waals surface area (Å²) >= 11 is 1.44. The van der Waals surface area contributed by atoms with Crippen LogP contribution in [0, 0.1) is 13.8 Å². The zero-order valence-electron chi connectivity index (χ0n) is 20.8. The highest BCUT2D eigenvalue weighted by Gasteiger charge is 2.30. The summed E-state index contributed by atoms with van der Waals surface area (Å²) < 4.78 is 5.88. The van der Waals surface area contributed by atoms with Gasteiger partial charge in [-0.2, -0.15) is 0 Å². The first-order chi connectivity index (χ1) is 17.6. The molecule has 0 aliphatic carbocycles. The molecular formula is C30H31N3O2S. The van der Waals surface area contributed by atoms with Crippen molar-refractivity contribution in [1.82, 2.24) is 14.8 Å². The fourth-order valence-electron chi connectivity index (χ4n) is 4.70. The lowest BCUT2D eigenvalue weighted by atomic mass is 9.96. The molecule has 3 aromatic carbocycles. The van der Waals surface area contributed by atoms with E-state index >= 15 is 0 Å². The smallest absolute Gasteiger partial charge is 0.265 e. The van der Waals surface area contributed by atoms with Crippen LogP contribution in [0.3, 0.4) is 0 Å². The summed E-state index contributed by atoms with van der Waals surface area (Å²) in [4.78, 5) is 23.2. The Morgan fingerprint density at radius 2 is 1.44 bits per heavy atom. The Morgan fingerprint density at radius 1 is 0.861 bits per heavy atom. The number of benzene rings is 3. The largest absolute Gasteiger partial charge is 0.486 e. The van der Waals surface area contributed by atoms with Crippen LogP contribution in [0.1, 0.15) is 43.1 Å². The van der Waals surface area contributed by atoms with Gasteiger partial charge in [0, 0.05) is 26.2 Å². The Bertz CT molecular complexity index is 1240. The van der Waals surface area contributed by atoms with Crippen molar-refractivity contribution in [3.8, 4) is 5.75 Å². The van der Waals surface area contributed by atoms with Crippen LogP contribution in [0.15, 0.2) is 84.9 Å². The van der Waals surface area contributed by atoms with E-state index in [9.17, 15) is 4.79 Å². The van der Waals surface area contributed by atoms with Gasteiger partial charge in [0.1, 0.15) is 22.2 Å². The molecule has 0 spiro atoms. The van der Waals surface area contributed by atoms with Gasteiger partial charge < -0.3 is 9.64 Å². The Kier molecular flexibility index (Phi) is 7.44. The van der Waals surface area contributed by atoms with E-state index in [1.807, 2.05) is 36.1 Å². The van der Waals surface area contributed by atoms with Gasteiger partial charge in [-0.15, -0.1) is 11.3 Å². The maximum absolute atomic E-state index is 13.4. The third-order valence-corrected chi connectivity index (χ3v) is 7.73. The van der Waals surface area contributed by atoms with E-state index in [1.54, 1.807) is 0 Å². The molecule has 0 radical (unpaired) electrons. The lowest BCUT2D eigenvalue weighted by molar-refractivity contribution is 0.0601. The first kappa shape index (κ1) is 24.2. The van der Waals surface area contributed by atoms with E-state index in [0.717, 1.165) is 29.5 Å². The standard InChI is InChI=1S/C30H31N3O2S/c1-22-13-15-26(16-14-22)35-21-27-31-23(2)29(36-27)30(34)33-19-17-32(18-20-33)28(24-9-5-3-6-10-24)25-11-7-4-8-12-25/h3-16,28H,17-21H2,1-2H3. The topological polar surface area (TPSA) is 45.7 Å². The second kappa shape index (κ2) is 11.1. The number of hydrogen-bond donors (Lipinski definition) is 0. The molecule has 1 aromatic heterocycles. The SMILES string of the molecule is Cc1ccc(OCc2nc(C)c(C(=O)N3CCN(C(c4ccccc4)c4ccccc4)CC3)s2)cc1. The molecule has 1 fully saturated rings. The van der Waals surface area contributed by atoms with Crippen molar-refractivity contribution < 1.29 is 9.53 Å². The van der Waals surface area contributed by atoms with Crippen LogP contribution < -0.4 is 4.74 Å². The van der Waals surface area contributed by atoms with Crippen LogP contribution in [0.25, 0.3) is 0 Å². The monoisotopic (exact) mass is 497 g/mol. The predicted octanol–water partition coefficient (Wildman–Crippen LogP) is 5.89. The zero-order chi connectivity index (χ0) is 24.9. The average Bonchev–Trinajstić information content (AvgIpc) is 3.30. The fourth-order valence-corrected chi connectivity index (χ4v) is 5.65. The molecule has 0 atom stereocenters. The van der Waals surface area contributed by atoms with E-state index in [-0.39, 0.29) is 11.9 Å². The summed E-state index contributed by atoms with van der Waals surface area (Å²) in [5.74, 6) is 0.881. The Morgan fingerprint density at radius 3 is 2.03 bits per heavy atom. The van der Waals surface area contributed by atoms with Gasteiger partial charge in [-0.1, -0.05) is 78.4 Å². The summed E-state index contributed by atoms with van der Waals surface area (Å²) in [7, 11) is 0. The van der Waals surface area contributed by atoms with Gasteiger partial charge in [0.05, 0.1) is 11.7 Å². The minimum absolute atomic E-state index is 0.0715. The Labute approximate surface area is 217 Å². The lowest BCUT2D eigenvalue weighted by Crippen LogP contribution is -2.49. The number of hydrogen-bond acceptors (Lipinski definition) is 5. The summed E-state index contributed by atoms with van der Waals surface area (Å²) in [6.45, 7) is 7.36. The molecule has 5 rings (SSSR count). The van der Waals surface area contributed by atoms with Crippen LogP contribution in [0.5, 0.6) is 5.75 Å². The molecular weight excluding hydrogens is 466 g/mol. The number of nitrogens with zero attached hydrogens (tertiary/aromatic N) is 3. The maximum atomic E-state index is 13.4. The number of carbonyl (C=O) groups is 1. The molecule has 1 saturated heterocycles. The molecule has 0 bridgehead atoms. The van der Waals surface area contributed by atoms with Crippen LogP contribution in [0.2, 0.25) is 0 Å². The van der Waals surface area contributed by atoms with Gasteiger partial charge in [0.15, 0.2) is 0 Å². The van der Waals surface area contributed by atoms with Gasteiger partial charge in [0.25, 0.3) is 5.91 Å². The van der Waals surface area contributed by atoms with Crippen molar-refractivity contribution in [2.45, 2.75) is 26.5 Å². The summed E-state index contributed by atoms with van der Waals surface area (Å²) in [6.07, 6.45) is 0. The minimum atomic E-state index is 0.0715. The highest BCUT2D eigenvalue weighted by Crippen LogP contribution is 2.30. The molecule has 1 aliphatic rings. The Hall–Kier alpha value is -3.48. The third-order valence-electron chi connectivity index (χ3n) is 6.62. The molecule has 0 unspecified atom stereocenters. The molecule has 2 heterocycles. The molecule has 1 aliphatic heterocycles. The van der Waals surface area contributed by atoms with Gasteiger partial charge in [-0.25, -0.2) is 4.98 Å². The van der Waals surface area contributed by atoms with Gasteiger partial charge >= 0.3 is 0 Å². The molecule has 5 nitrogen and oxygen atoms in total. The minimum Gasteiger partial charge on any atom is -0.486 e. The first-order valence-corrected chi connectivity index (χ1v) is 13.2. The molecule has 36 heavy (non-hydrogen) atoms. The van der Waals surface area contributed by atoms with Gasteiger partial charge in [0.2, 0.25) is 0 Å². The van der Waals surface area contributed by atoms with Crippen molar-refractivity contribution in [1.29, 1.82) is 0 Å².